The van der Waals surface area contributed by atoms with Gasteiger partial charge in [-0.3, -0.25) is 23.4 Å². The van der Waals surface area contributed by atoms with Crippen LogP contribution < -0.4 is 11.2 Å². The first-order chi connectivity index (χ1) is 10.4. The lowest BCUT2D eigenvalue weighted by Crippen LogP contribution is -2.34. The van der Waals surface area contributed by atoms with Crippen molar-refractivity contribution in [1.29, 1.82) is 0 Å². The second-order valence-corrected chi connectivity index (χ2v) is 6.75. The van der Waals surface area contributed by atoms with Crippen molar-refractivity contribution in [3.05, 3.63) is 32.6 Å². The van der Waals surface area contributed by atoms with E-state index in [0.717, 1.165) is 6.42 Å². The van der Waals surface area contributed by atoms with Crippen molar-refractivity contribution in [2.45, 2.75) is 44.6 Å². The Hall–Kier alpha value is -1.25. The van der Waals surface area contributed by atoms with Crippen LogP contribution in [-0.4, -0.2) is 33.3 Å². The van der Waals surface area contributed by atoms with E-state index in [2.05, 4.69) is 4.98 Å². The SMILES string of the molecule is CCCc1cn([C@H]2C[C@@H]3OP(=O)(O)OC[C@H]3O2)c(=O)[nH]c1=O. The third kappa shape index (κ3) is 2.95. The van der Waals surface area contributed by atoms with Gasteiger partial charge < -0.3 is 9.63 Å². The fourth-order valence-electron chi connectivity index (χ4n) is 2.69. The molecular weight excluding hydrogens is 315 g/mol. The molecule has 1 unspecified atom stereocenters. The Morgan fingerprint density at radius 2 is 2.23 bits per heavy atom. The molecule has 3 heterocycles. The molecule has 2 fully saturated rings. The maximum Gasteiger partial charge on any atom is 0.472 e. The van der Waals surface area contributed by atoms with Crippen LogP contribution in [0.3, 0.4) is 0 Å². The van der Waals surface area contributed by atoms with Crippen LogP contribution in [0.5, 0.6) is 0 Å². The molecule has 2 aliphatic rings. The molecule has 3 rings (SSSR count). The highest BCUT2D eigenvalue weighted by Gasteiger charge is 2.46. The molecule has 1 aromatic heterocycles. The number of nitrogens with zero attached hydrogens (tertiary/aromatic N) is 1. The third-order valence-electron chi connectivity index (χ3n) is 3.72. The molecule has 122 valence electrons. The van der Waals surface area contributed by atoms with Crippen LogP contribution >= 0.6 is 7.82 Å². The van der Waals surface area contributed by atoms with E-state index in [1.54, 1.807) is 0 Å². The summed E-state index contributed by atoms with van der Waals surface area (Å²) in [6.07, 6.45) is 1.21. The maximum absolute atomic E-state index is 12.0. The van der Waals surface area contributed by atoms with Gasteiger partial charge in [0.25, 0.3) is 5.56 Å². The van der Waals surface area contributed by atoms with Gasteiger partial charge in [0, 0.05) is 18.2 Å². The summed E-state index contributed by atoms with van der Waals surface area (Å²) in [4.78, 5) is 35.3. The summed E-state index contributed by atoms with van der Waals surface area (Å²) in [6, 6.07) is 0. The lowest BCUT2D eigenvalue weighted by atomic mass is 10.2. The molecule has 9 nitrogen and oxygen atoms in total. The quantitative estimate of drug-likeness (QED) is 0.763. The summed E-state index contributed by atoms with van der Waals surface area (Å²) in [5.74, 6) is 0. The molecule has 0 radical (unpaired) electrons. The summed E-state index contributed by atoms with van der Waals surface area (Å²) >= 11 is 0. The lowest BCUT2D eigenvalue weighted by Gasteiger charge is -2.26. The highest BCUT2D eigenvalue weighted by molar-refractivity contribution is 7.47. The highest BCUT2D eigenvalue weighted by atomic mass is 31.2. The molecule has 0 amide bonds. The predicted octanol–water partition coefficient (Wildman–Crippen LogP) is 0.292. The van der Waals surface area contributed by atoms with Crippen molar-refractivity contribution < 1.29 is 23.2 Å². The number of H-pyrrole nitrogens is 1. The minimum Gasteiger partial charge on any atom is -0.349 e. The summed E-state index contributed by atoms with van der Waals surface area (Å²) in [7, 11) is -4.04. The Morgan fingerprint density at radius 3 is 2.95 bits per heavy atom. The molecule has 4 atom stereocenters. The van der Waals surface area contributed by atoms with Crippen LogP contribution in [-0.2, 0) is 24.8 Å². The second kappa shape index (κ2) is 5.75. The average Bonchev–Trinajstić information content (AvgIpc) is 2.83. The lowest BCUT2D eigenvalue weighted by molar-refractivity contribution is -0.0680. The van der Waals surface area contributed by atoms with Crippen LogP contribution in [0.1, 0.15) is 31.6 Å². The van der Waals surface area contributed by atoms with Gasteiger partial charge in [-0.25, -0.2) is 9.36 Å². The Bertz CT molecular complexity index is 727. The molecule has 0 aromatic carbocycles. The minimum absolute atomic E-state index is 0.0745. The van der Waals surface area contributed by atoms with Crippen LogP contribution in [0.15, 0.2) is 15.8 Å². The zero-order chi connectivity index (χ0) is 15.9. The van der Waals surface area contributed by atoms with E-state index < -0.39 is 37.5 Å². The summed E-state index contributed by atoms with van der Waals surface area (Å²) < 4.78 is 28.0. The monoisotopic (exact) mass is 332 g/mol. The predicted molar refractivity (Wildman–Crippen MR) is 74.5 cm³/mol. The van der Waals surface area contributed by atoms with E-state index in [0.29, 0.717) is 12.0 Å². The number of phosphoric ester groups is 1. The van der Waals surface area contributed by atoms with Gasteiger partial charge in [-0.2, -0.15) is 0 Å². The Morgan fingerprint density at radius 1 is 1.45 bits per heavy atom. The van der Waals surface area contributed by atoms with E-state index in [1.807, 2.05) is 6.92 Å². The number of fused-ring (bicyclic) bond motifs is 1. The van der Waals surface area contributed by atoms with Gasteiger partial charge in [0.1, 0.15) is 18.4 Å². The summed E-state index contributed by atoms with van der Waals surface area (Å²) in [6.45, 7) is 1.86. The largest absolute Gasteiger partial charge is 0.472 e. The van der Waals surface area contributed by atoms with Gasteiger partial charge in [-0.05, 0) is 6.42 Å². The normalized spacial score (nSPS) is 34.5. The van der Waals surface area contributed by atoms with Crippen LogP contribution in [0.4, 0.5) is 0 Å². The Kier molecular flexibility index (Phi) is 4.09. The molecule has 0 spiro atoms. The number of aromatic nitrogens is 2. The van der Waals surface area contributed by atoms with E-state index in [9.17, 15) is 19.0 Å². The van der Waals surface area contributed by atoms with Gasteiger partial charge in [0.2, 0.25) is 0 Å². The fraction of sp³-hybridized carbons (Fsp3) is 0.667. The molecule has 10 heteroatoms. The number of hydrogen-bond acceptors (Lipinski definition) is 6. The molecule has 0 bridgehead atoms. The molecule has 0 aliphatic carbocycles. The third-order valence-corrected chi connectivity index (χ3v) is 4.73. The topological polar surface area (TPSA) is 120 Å². The first-order valence-corrected chi connectivity index (χ1v) is 8.54. The van der Waals surface area contributed by atoms with Crippen molar-refractivity contribution >= 4 is 7.82 Å². The molecule has 22 heavy (non-hydrogen) atoms. The van der Waals surface area contributed by atoms with Gasteiger partial charge in [0.05, 0.1) is 6.61 Å². The second-order valence-electron chi connectivity index (χ2n) is 5.34. The average molecular weight is 332 g/mol. The fourth-order valence-corrected chi connectivity index (χ4v) is 3.65. The van der Waals surface area contributed by atoms with Crippen molar-refractivity contribution in [1.82, 2.24) is 9.55 Å². The highest BCUT2D eigenvalue weighted by Crippen LogP contribution is 2.52. The standard InChI is InChI=1S/C12H17N2O7P/c1-2-3-7-5-14(12(16)13-11(7)15)10-4-8-9(20-10)6-19-22(17,18)21-8/h5,8-10H,2-4,6H2,1H3,(H,17,18)(H,13,15,16)/t8-,9+,10+/m0/s1. The molecule has 2 saturated heterocycles. The number of aryl methyl sites for hydroxylation is 1. The molecule has 2 aliphatic heterocycles. The van der Waals surface area contributed by atoms with Crippen molar-refractivity contribution in [2.75, 3.05) is 6.61 Å². The number of ether oxygens (including phenoxy) is 1. The van der Waals surface area contributed by atoms with Crippen molar-refractivity contribution in [2.24, 2.45) is 0 Å². The van der Waals surface area contributed by atoms with Crippen LogP contribution in [0, 0.1) is 0 Å². The van der Waals surface area contributed by atoms with Crippen LogP contribution in [0.25, 0.3) is 0 Å². The Balaban J connectivity index is 1.87. The van der Waals surface area contributed by atoms with Gasteiger partial charge in [-0.15, -0.1) is 0 Å². The van der Waals surface area contributed by atoms with Crippen molar-refractivity contribution in [3.8, 4) is 0 Å². The van der Waals surface area contributed by atoms with E-state index in [4.69, 9.17) is 13.8 Å². The van der Waals surface area contributed by atoms with E-state index in [1.165, 1.54) is 10.8 Å². The van der Waals surface area contributed by atoms with E-state index in [-0.39, 0.29) is 13.0 Å². The van der Waals surface area contributed by atoms with E-state index >= 15 is 0 Å². The zero-order valence-corrected chi connectivity index (χ0v) is 12.8. The minimum atomic E-state index is -4.04. The van der Waals surface area contributed by atoms with Gasteiger partial charge >= 0.3 is 13.5 Å². The summed E-state index contributed by atoms with van der Waals surface area (Å²) in [5, 5.41) is 0. The zero-order valence-electron chi connectivity index (χ0n) is 11.9. The van der Waals surface area contributed by atoms with Crippen LogP contribution in [0.2, 0.25) is 0 Å². The number of rotatable bonds is 3. The first-order valence-electron chi connectivity index (χ1n) is 7.05. The number of hydrogen-bond donors (Lipinski definition) is 2. The van der Waals surface area contributed by atoms with Crippen molar-refractivity contribution in [3.63, 3.8) is 0 Å². The Labute approximate surface area is 125 Å². The number of nitrogens with one attached hydrogen (secondary N) is 1. The first kappa shape index (κ1) is 15.6. The smallest absolute Gasteiger partial charge is 0.349 e. The van der Waals surface area contributed by atoms with Gasteiger partial charge in [-0.1, -0.05) is 13.3 Å². The van der Waals surface area contributed by atoms with Gasteiger partial charge in [0.15, 0.2) is 0 Å². The number of aromatic amines is 1. The summed E-state index contributed by atoms with van der Waals surface area (Å²) in [5.41, 5.74) is -0.495. The molecule has 0 saturated carbocycles. The molecule has 2 N–H and O–H groups in total. The molecular formula is C12H17N2O7P. The maximum atomic E-state index is 12.0. The number of phosphoric acid groups is 1. The molecule has 1 aromatic rings.